The summed E-state index contributed by atoms with van der Waals surface area (Å²) < 4.78 is 5.45. The summed E-state index contributed by atoms with van der Waals surface area (Å²) in [6.07, 6.45) is 1.97. The van der Waals surface area contributed by atoms with E-state index in [0.717, 1.165) is 19.4 Å². The second kappa shape index (κ2) is 7.27. The lowest BCUT2D eigenvalue weighted by Gasteiger charge is -2.23. The molecule has 1 unspecified atom stereocenters. The van der Waals surface area contributed by atoms with Crippen molar-refractivity contribution < 1.29 is 14.3 Å². The maximum atomic E-state index is 11.8. The molecular weight excluding hydrogens is 254 g/mol. The predicted octanol–water partition coefficient (Wildman–Crippen LogP) is -0.584. The van der Waals surface area contributed by atoms with Gasteiger partial charge in [0, 0.05) is 19.7 Å². The molecule has 102 valence electrons. The lowest BCUT2D eigenvalue weighted by molar-refractivity contribution is -0.146. The average Bonchev–Trinajstić information content (AvgIpc) is 2.84. The van der Waals surface area contributed by atoms with Gasteiger partial charge in [0.15, 0.2) is 0 Å². The van der Waals surface area contributed by atoms with Crippen LogP contribution >= 0.6 is 12.2 Å². The Labute approximate surface area is 112 Å². The minimum atomic E-state index is -0.678. The van der Waals surface area contributed by atoms with Gasteiger partial charge in [0.1, 0.15) is 0 Å². The molecule has 0 radical (unpaired) electrons. The highest BCUT2D eigenvalue weighted by Crippen LogP contribution is 2.13. The number of likely N-dealkylation sites (N-methyl/N-ethyl adjacent to an activating group) is 1. The van der Waals surface area contributed by atoms with Crippen LogP contribution in [0, 0.1) is 0 Å². The number of thiocarbonyl (C=S) groups is 1. The number of ether oxygens (including phenoxy) is 1. The molecule has 6 nitrogen and oxygen atoms in total. The molecule has 1 saturated heterocycles. The Kier molecular flexibility index (Phi) is 6.00. The van der Waals surface area contributed by atoms with Gasteiger partial charge in [0.25, 0.3) is 0 Å². The van der Waals surface area contributed by atoms with Gasteiger partial charge in [-0.05, 0) is 19.8 Å². The fourth-order valence-electron chi connectivity index (χ4n) is 1.78. The van der Waals surface area contributed by atoms with E-state index in [-0.39, 0.29) is 17.6 Å². The van der Waals surface area contributed by atoms with E-state index in [1.807, 2.05) is 6.92 Å². The van der Waals surface area contributed by atoms with Gasteiger partial charge in [0.05, 0.1) is 17.6 Å². The van der Waals surface area contributed by atoms with Crippen LogP contribution in [-0.2, 0) is 14.3 Å². The Hall–Kier alpha value is -1.21. The van der Waals surface area contributed by atoms with Crippen LogP contribution in [0.5, 0.6) is 0 Å². The molecule has 3 N–H and O–H groups in total. The Morgan fingerprint density at radius 2 is 2.28 bits per heavy atom. The first-order valence-electron chi connectivity index (χ1n) is 6.01. The van der Waals surface area contributed by atoms with Crippen molar-refractivity contribution in [3.05, 3.63) is 0 Å². The van der Waals surface area contributed by atoms with Crippen molar-refractivity contribution in [3.63, 3.8) is 0 Å². The van der Waals surface area contributed by atoms with Crippen LogP contribution < -0.4 is 11.1 Å². The zero-order chi connectivity index (χ0) is 13.5. The van der Waals surface area contributed by atoms with Crippen molar-refractivity contribution in [1.82, 2.24) is 10.2 Å². The average molecular weight is 273 g/mol. The molecule has 0 aromatic carbocycles. The monoisotopic (exact) mass is 273 g/mol. The van der Waals surface area contributed by atoms with Crippen LogP contribution in [0.15, 0.2) is 0 Å². The zero-order valence-electron chi connectivity index (χ0n) is 10.5. The molecule has 0 aromatic heterocycles. The summed E-state index contributed by atoms with van der Waals surface area (Å²) in [5.41, 5.74) is 5.25. The molecule has 1 heterocycles. The van der Waals surface area contributed by atoms with Crippen molar-refractivity contribution in [2.45, 2.75) is 25.9 Å². The topological polar surface area (TPSA) is 84.7 Å². The maximum absolute atomic E-state index is 11.8. The van der Waals surface area contributed by atoms with Gasteiger partial charge in [-0.25, -0.2) is 0 Å². The lowest BCUT2D eigenvalue weighted by atomic mass is 10.2. The van der Waals surface area contributed by atoms with Crippen LogP contribution in [0.25, 0.3) is 0 Å². The molecule has 0 aliphatic carbocycles. The third-order valence-electron chi connectivity index (χ3n) is 2.73. The minimum Gasteiger partial charge on any atom is -0.392 e. The first-order chi connectivity index (χ1) is 8.54. The number of carbonyl (C=O) groups excluding carboxylic acids is 2. The number of carbonyl (C=O) groups is 2. The van der Waals surface area contributed by atoms with Crippen molar-refractivity contribution in [1.29, 1.82) is 0 Å². The van der Waals surface area contributed by atoms with Gasteiger partial charge in [-0.15, -0.1) is 0 Å². The van der Waals surface area contributed by atoms with E-state index < -0.39 is 11.8 Å². The molecule has 0 bridgehead atoms. The van der Waals surface area contributed by atoms with E-state index >= 15 is 0 Å². The number of nitrogens with one attached hydrogen (secondary N) is 1. The zero-order valence-corrected chi connectivity index (χ0v) is 11.3. The van der Waals surface area contributed by atoms with Crippen LogP contribution in [-0.4, -0.2) is 54.0 Å². The molecule has 2 amide bonds. The Morgan fingerprint density at radius 3 is 2.78 bits per heavy atom. The second-order valence-electron chi connectivity index (χ2n) is 4.13. The Balaban J connectivity index is 2.44. The molecule has 1 atom stereocenters. The number of nitrogens with two attached hydrogens (primary N) is 1. The normalized spacial score (nSPS) is 18.4. The minimum absolute atomic E-state index is 0.0391. The molecule has 0 spiro atoms. The molecule has 1 aliphatic heterocycles. The van der Waals surface area contributed by atoms with Gasteiger partial charge >= 0.3 is 11.8 Å². The number of nitrogens with zero attached hydrogens (tertiary/aromatic N) is 1. The van der Waals surface area contributed by atoms with E-state index in [0.29, 0.717) is 13.1 Å². The van der Waals surface area contributed by atoms with Crippen molar-refractivity contribution in [2.24, 2.45) is 5.73 Å². The van der Waals surface area contributed by atoms with E-state index in [2.05, 4.69) is 17.5 Å². The highest BCUT2D eigenvalue weighted by molar-refractivity contribution is 7.80. The molecule has 0 aromatic rings. The van der Waals surface area contributed by atoms with Gasteiger partial charge in [-0.1, -0.05) is 12.2 Å². The number of rotatable bonds is 5. The van der Waals surface area contributed by atoms with Gasteiger partial charge in [-0.3, -0.25) is 9.59 Å². The third-order valence-corrected chi connectivity index (χ3v) is 2.88. The molecule has 1 aliphatic rings. The van der Waals surface area contributed by atoms with Gasteiger partial charge in [-0.2, -0.15) is 0 Å². The first-order valence-corrected chi connectivity index (χ1v) is 6.42. The van der Waals surface area contributed by atoms with E-state index in [9.17, 15) is 9.59 Å². The summed E-state index contributed by atoms with van der Waals surface area (Å²) in [4.78, 5) is 25.0. The lowest BCUT2D eigenvalue weighted by Crippen LogP contribution is -2.47. The highest BCUT2D eigenvalue weighted by Gasteiger charge is 2.25. The van der Waals surface area contributed by atoms with Gasteiger partial charge in [0.2, 0.25) is 0 Å². The molecule has 1 rings (SSSR count). The summed E-state index contributed by atoms with van der Waals surface area (Å²) in [5.74, 6) is -1.24. The van der Waals surface area contributed by atoms with Crippen molar-refractivity contribution in [3.8, 4) is 0 Å². The highest BCUT2D eigenvalue weighted by atomic mass is 32.1. The molecular formula is C11H19N3O3S. The van der Waals surface area contributed by atoms with Gasteiger partial charge < -0.3 is 20.7 Å². The largest absolute Gasteiger partial charge is 0.392 e. The standard InChI is InChI=1S/C11H19N3O3S/c1-2-14(7-8-4-3-5-17-8)11(16)10(15)13-6-9(12)18/h8H,2-7H2,1H3,(H2,12,18)(H,13,15). The quantitative estimate of drug-likeness (QED) is 0.517. The fourth-order valence-corrected chi connectivity index (χ4v) is 1.85. The Bertz CT molecular complexity index is 329. The number of hydrogen-bond acceptors (Lipinski definition) is 4. The van der Waals surface area contributed by atoms with Crippen molar-refractivity contribution in [2.75, 3.05) is 26.2 Å². The summed E-state index contributed by atoms with van der Waals surface area (Å²) in [7, 11) is 0. The van der Waals surface area contributed by atoms with Crippen LogP contribution in [0.3, 0.4) is 0 Å². The number of hydrogen-bond donors (Lipinski definition) is 2. The summed E-state index contributed by atoms with van der Waals surface area (Å²) in [6.45, 7) is 3.52. The second-order valence-corrected chi connectivity index (χ2v) is 4.65. The number of amides is 2. The van der Waals surface area contributed by atoms with E-state index in [1.54, 1.807) is 0 Å². The van der Waals surface area contributed by atoms with Crippen molar-refractivity contribution >= 4 is 29.0 Å². The Morgan fingerprint density at radius 1 is 1.56 bits per heavy atom. The maximum Gasteiger partial charge on any atom is 0.311 e. The predicted molar refractivity (Wildman–Crippen MR) is 71.0 cm³/mol. The molecule has 0 saturated carbocycles. The summed E-state index contributed by atoms with van der Waals surface area (Å²) in [6, 6.07) is 0. The molecule has 7 heteroatoms. The first kappa shape index (κ1) is 14.8. The fraction of sp³-hybridized carbons (Fsp3) is 0.727. The van der Waals surface area contributed by atoms with Crippen LogP contribution in [0.4, 0.5) is 0 Å². The SMILES string of the molecule is CCN(CC1CCCO1)C(=O)C(=O)NCC(N)=S. The van der Waals surface area contributed by atoms with E-state index in [1.165, 1.54) is 4.90 Å². The molecule has 1 fully saturated rings. The summed E-state index contributed by atoms with van der Waals surface area (Å²) in [5, 5.41) is 2.38. The molecule has 18 heavy (non-hydrogen) atoms. The smallest absolute Gasteiger partial charge is 0.311 e. The third kappa shape index (κ3) is 4.58. The van der Waals surface area contributed by atoms with Crippen LogP contribution in [0.1, 0.15) is 19.8 Å². The van der Waals surface area contributed by atoms with Crippen LogP contribution in [0.2, 0.25) is 0 Å². The summed E-state index contributed by atoms with van der Waals surface area (Å²) >= 11 is 4.63. The van der Waals surface area contributed by atoms with E-state index in [4.69, 9.17) is 10.5 Å².